The van der Waals surface area contributed by atoms with Crippen molar-refractivity contribution >= 4 is 5.91 Å². The van der Waals surface area contributed by atoms with Crippen LogP contribution in [-0.4, -0.2) is 55.0 Å². The first-order chi connectivity index (χ1) is 8.08. The van der Waals surface area contributed by atoms with Gasteiger partial charge in [-0.2, -0.15) is 5.26 Å². The van der Waals surface area contributed by atoms with Gasteiger partial charge in [-0.15, -0.1) is 0 Å². The topological polar surface area (TPSA) is 73.4 Å². The van der Waals surface area contributed by atoms with Crippen LogP contribution < -0.4 is 5.73 Å². The zero-order valence-electron chi connectivity index (χ0n) is 10.7. The molecule has 1 unspecified atom stereocenters. The average Bonchev–Trinajstić information content (AvgIpc) is 2.37. The van der Waals surface area contributed by atoms with E-state index in [9.17, 15) is 4.79 Å². The number of nitrogens with two attached hydrogens (primary N) is 1. The van der Waals surface area contributed by atoms with Crippen LogP contribution in [0.1, 0.15) is 19.8 Å². The minimum atomic E-state index is 0.0384. The molecule has 17 heavy (non-hydrogen) atoms. The van der Waals surface area contributed by atoms with Gasteiger partial charge < -0.3 is 15.5 Å². The molecule has 2 N–H and O–H groups in total. The molecule has 1 heterocycles. The first-order valence-electron chi connectivity index (χ1n) is 6.16. The minimum Gasteiger partial charge on any atom is -0.341 e. The van der Waals surface area contributed by atoms with Gasteiger partial charge >= 0.3 is 0 Å². The molecule has 5 nitrogen and oxygen atoms in total. The predicted molar refractivity (Wildman–Crippen MR) is 66.1 cm³/mol. The first kappa shape index (κ1) is 13.9. The van der Waals surface area contributed by atoms with Crippen molar-refractivity contribution in [3.8, 4) is 6.07 Å². The van der Waals surface area contributed by atoms with Gasteiger partial charge in [0.05, 0.1) is 18.5 Å². The molecule has 1 saturated heterocycles. The molecule has 0 saturated carbocycles. The number of amides is 1. The number of nitriles is 1. The van der Waals surface area contributed by atoms with Crippen molar-refractivity contribution in [2.75, 3.05) is 33.2 Å². The second kappa shape index (κ2) is 6.58. The summed E-state index contributed by atoms with van der Waals surface area (Å²) in [6.07, 6.45) is 1.95. The van der Waals surface area contributed by atoms with Crippen LogP contribution in [0, 0.1) is 17.2 Å². The number of nitrogens with zero attached hydrogens (tertiary/aromatic N) is 3. The Bertz CT molecular complexity index is 291. The van der Waals surface area contributed by atoms with Crippen LogP contribution in [0.2, 0.25) is 0 Å². The monoisotopic (exact) mass is 238 g/mol. The van der Waals surface area contributed by atoms with E-state index in [1.165, 1.54) is 0 Å². The van der Waals surface area contributed by atoms with Crippen molar-refractivity contribution in [2.45, 2.75) is 25.8 Å². The first-order valence-corrected chi connectivity index (χ1v) is 6.16. The van der Waals surface area contributed by atoms with Gasteiger partial charge in [0.2, 0.25) is 5.91 Å². The predicted octanol–water partition coefficient (Wildman–Crippen LogP) is 0.0276. The molecule has 0 radical (unpaired) electrons. The van der Waals surface area contributed by atoms with Gasteiger partial charge in [0.1, 0.15) is 0 Å². The lowest BCUT2D eigenvalue weighted by molar-refractivity contribution is -0.131. The fourth-order valence-electron chi connectivity index (χ4n) is 2.31. The summed E-state index contributed by atoms with van der Waals surface area (Å²) in [7, 11) is 2.05. The molecule has 1 amide bonds. The highest BCUT2D eigenvalue weighted by molar-refractivity contribution is 5.78. The number of carbonyl (C=O) groups is 1. The molecule has 96 valence electrons. The highest BCUT2D eigenvalue weighted by Crippen LogP contribution is 2.16. The fraction of sp³-hybridized carbons (Fsp3) is 0.833. The van der Waals surface area contributed by atoms with Gasteiger partial charge in [0.25, 0.3) is 0 Å². The number of hydrogen-bond acceptors (Lipinski definition) is 4. The molecule has 0 aromatic heterocycles. The molecule has 0 spiro atoms. The Morgan fingerprint density at radius 3 is 2.65 bits per heavy atom. The van der Waals surface area contributed by atoms with Crippen LogP contribution in [0.5, 0.6) is 0 Å². The minimum absolute atomic E-state index is 0.0384. The molecule has 1 fully saturated rings. The zero-order valence-corrected chi connectivity index (χ0v) is 10.7. The molecule has 0 aliphatic carbocycles. The third kappa shape index (κ3) is 3.99. The number of rotatable bonds is 4. The van der Waals surface area contributed by atoms with Crippen molar-refractivity contribution in [3.63, 3.8) is 0 Å². The molecule has 0 aromatic rings. The zero-order chi connectivity index (χ0) is 12.8. The summed E-state index contributed by atoms with van der Waals surface area (Å²) in [5.41, 5.74) is 5.34. The SMILES string of the molecule is CC(C#N)CN(C)C1CCN(C(=O)CN)CC1. The third-order valence-electron chi connectivity index (χ3n) is 3.40. The maximum Gasteiger partial charge on any atom is 0.236 e. The van der Waals surface area contributed by atoms with E-state index >= 15 is 0 Å². The van der Waals surface area contributed by atoms with Crippen LogP contribution in [0.25, 0.3) is 0 Å². The molecule has 0 aromatic carbocycles. The summed E-state index contributed by atoms with van der Waals surface area (Å²) < 4.78 is 0. The molecule has 1 atom stereocenters. The highest BCUT2D eigenvalue weighted by atomic mass is 16.2. The lowest BCUT2D eigenvalue weighted by Gasteiger charge is -2.37. The fourth-order valence-corrected chi connectivity index (χ4v) is 2.31. The van der Waals surface area contributed by atoms with E-state index in [4.69, 9.17) is 11.0 Å². The van der Waals surface area contributed by atoms with E-state index in [1.807, 2.05) is 11.8 Å². The molecular weight excluding hydrogens is 216 g/mol. The van der Waals surface area contributed by atoms with Crippen molar-refractivity contribution in [1.29, 1.82) is 5.26 Å². The average molecular weight is 238 g/mol. The summed E-state index contributed by atoms with van der Waals surface area (Å²) in [4.78, 5) is 15.5. The van der Waals surface area contributed by atoms with Crippen LogP contribution in [0.15, 0.2) is 0 Å². The van der Waals surface area contributed by atoms with Crippen LogP contribution in [0.3, 0.4) is 0 Å². The Labute approximate surface area is 103 Å². The molecule has 5 heteroatoms. The van der Waals surface area contributed by atoms with E-state index in [1.54, 1.807) is 0 Å². The largest absolute Gasteiger partial charge is 0.341 e. The summed E-state index contributed by atoms with van der Waals surface area (Å²) in [6.45, 7) is 4.40. The quantitative estimate of drug-likeness (QED) is 0.750. The molecule has 1 aliphatic heterocycles. The number of likely N-dealkylation sites (tertiary alicyclic amines) is 1. The Balaban J connectivity index is 2.36. The summed E-state index contributed by atoms with van der Waals surface area (Å²) in [5, 5.41) is 8.79. The lowest BCUT2D eigenvalue weighted by Crippen LogP contribution is -2.47. The van der Waals surface area contributed by atoms with Crippen molar-refractivity contribution in [1.82, 2.24) is 9.80 Å². The number of carbonyl (C=O) groups excluding carboxylic acids is 1. The van der Waals surface area contributed by atoms with E-state index in [0.717, 1.165) is 32.5 Å². The lowest BCUT2D eigenvalue weighted by atomic mass is 10.0. The second-order valence-electron chi connectivity index (χ2n) is 4.79. The van der Waals surface area contributed by atoms with Crippen molar-refractivity contribution in [3.05, 3.63) is 0 Å². The maximum atomic E-state index is 11.4. The standard InChI is InChI=1S/C12H22N4O/c1-10(7-13)9-15(2)11-3-5-16(6-4-11)12(17)8-14/h10-11H,3-6,8-9,14H2,1-2H3. The smallest absolute Gasteiger partial charge is 0.236 e. The third-order valence-corrected chi connectivity index (χ3v) is 3.40. The van der Waals surface area contributed by atoms with E-state index < -0.39 is 0 Å². The molecule has 1 rings (SSSR count). The second-order valence-corrected chi connectivity index (χ2v) is 4.79. The highest BCUT2D eigenvalue weighted by Gasteiger charge is 2.25. The van der Waals surface area contributed by atoms with Gasteiger partial charge in [-0.1, -0.05) is 0 Å². The van der Waals surface area contributed by atoms with Gasteiger partial charge in [-0.25, -0.2) is 0 Å². The molecular formula is C12H22N4O. The summed E-state index contributed by atoms with van der Waals surface area (Å²) in [6, 6.07) is 2.73. The molecule has 0 bridgehead atoms. The normalized spacial score (nSPS) is 19.1. The van der Waals surface area contributed by atoms with E-state index in [0.29, 0.717) is 6.04 Å². The summed E-state index contributed by atoms with van der Waals surface area (Å²) >= 11 is 0. The van der Waals surface area contributed by atoms with Gasteiger partial charge in [-0.05, 0) is 26.8 Å². The van der Waals surface area contributed by atoms with Gasteiger partial charge in [0, 0.05) is 25.7 Å². The Kier molecular flexibility index (Phi) is 5.39. The van der Waals surface area contributed by atoms with Gasteiger partial charge in [-0.3, -0.25) is 4.79 Å². The molecule has 1 aliphatic rings. The van der Waals surface area contributed by atoms with E-state index in [-0.39, 0.29) is 18.4 Å². The van der Waals surface area contributed by atoms with Crippen molar-refractivity contribution in [2.24, 2.45) is 11.7 Å². The maximum absolute atomic E-state index is 11.4. The Hall–Kier alpha value is -1.12. The Morgan fingerprint density at radius 1 is 1.59 bits per heavy atom. The Morgan fingerprint density at radius 2 is 2.18 bits per heavy atom. The van der Waals surface area contributed by atoms with Crippen molar-refractivity contribution < 1.29 is 4.79 Å². The number of piperidine rings is 1. The van der Waals surface area contributed by atoms with Crippen LogP contribution in [-0.2, 0) is 4.79 Å². The summed E-state index contributed by atoms with van der Waals surface area (Å²) in [5.74, 6) is 0.0974. The number of hydrogen-bond donors (Lipinski definition) is 1. The van der Waals surface area contributed by atoms with Gasteiger partial charge in [0.15, 0.2) is 0 Å². The van der Waals surface area contributed by atoms with Crippen LogP contribution in [0.4, 0.5) is 0 Å². The van der Waals surface area contributed by atoms with Crippen LogP contribution >= 0.6 is 0 Å². The van der Waals surface area contributed by atoms with E-state index in [2.05, 4.69) is 18.0 Å².